The lowest BCUT2D eigenvalue weighted by Crippen LogP contribution is -2.59. The van der Waals surface area contributed by atoms with Crippen LogP contribution in [0.4, 0.5) is 4.79 Å². The number of likely N-dealkylation sites (N-methyl/N-ethyl adjacent to an activating group) is 1. The van der Waals surface area contributed by atoms with E-state index in [1.54, 1.807) is 68.9 Å². The van der Waals surface area contributed by atoms with E-state index >= 15 is 14.4 Å². The number of nitrogens with zero attached hydrogens (tertiary/aromatic N) is 1. The molecule has 0 unspecified atom stereocenters. The van der Waals surface area contributed by atoms with Gasteiger partial charge in [0, 0.05) is 80.1 Å². The van der Waals surface area contributed by atoms with Crippen molar-refractivity contribution in [1.82, 2.24) is 36.5 Å². The number of ketones is 1. The smallest absolute Gasteiger partial charge is 0.407 e. The Hall–Kier alpha value is -8.74. The van der Waals surface area contributed by atoms with Crippen LogP contribution in [0.1, 0.15) is 112 Å². The first-order valence-electron chi connectivity index (χ1n) is 31.6. The van der Waals surface area contributed by atoms with E-state index in [9.17, 15) is 29.4 Å². The van der Waals surface area contributed by atoms with E-state index in [0.29, 0.717) is 42.6 Å². The number of carbonyl (C=O) groups excluding carboxylic acids is 7. The van der Waals surface area contributed by atoms with E-state index in [1.165, 1.54) is 31.0 Å². The van der Waals surface area contributed by atoms with Gasteiger partial charge in [-0.05, 0) is 124 Å². The number of phenols is 1. The minimum Gasteiger partial charge on any atom is -0.508 e. The van der Waals surface area contributed by atoms with Crippen LogP contribution in [0.3, 0.4) is 0 Å². The van der Waals surface area contributed by atoms with E-state index in [1.807, 2.05) is 91.1 Å². The van der Waals surface area contributed by atoms with Crippen molar-refractivity contribution in [1.29, 1.82) is 0 Å². The number of ether oxygens (including phenoxy) is 1. The van der Waals surface area contributed by atoms with E-state index in [4.69, 9.17) is 4.74 Å². The number of unbranched alkanes of at least 4 members (excludes halogenated alkanes) is 1. The molecule has 2 heterocycles. The summed E-state index contributed by atoms with van der Waals surface area (Å²) in [6.07, 6.45) is 1.26. The first-order chi connectivity index (χ1) is 43.8. The number of rotatable bonds is 22. The van der Waals surface area contributed by atoms with Crippen LogP contribution in [0.2, 0.25) is 0 Å². The first-order valence-corrected chi connectivity index (χ1v) is 32.6. The quantitative estimate of drug-likeness (QED) is 0.0234. The number of aromatic nitrogens is 1. The van der Waals surface area contributed by atoms with Crippen molar-refractivity contribution in [2.75, 3.05) is 25.9 Å². The van der Waals surface area contributed by atoms with Crippen molar-refractivity contribution in [3.63, 3.8) is 0 Å². The topological polar surface area (TPSA) is 248 Å². The highest BCUT2D eigenvalue weighted by Gasteiger charge is 2.40. The van der Waals surface area contributed by atoms with Gasteiger partial charge >= 0.3 is 6.09 Å². The number of phenolic OH excluding ortho intramolecular Hbond substituents is 1. The highest BCUT2D eigenvalue weighted by molar-refractivity contribution is 8.00. The summed E-state index contributed by atoms with van der Waals surface area (Å²) in [7, 11) is 1.45. The standard InChI is InChI=1S/C73H87N7O10S/c1-49(81)66-69(87)78-62(45-50-22-10-6-11-23-50)70(88)80(5)63(39-40-65(84)74-42-43-91-73(55-25-12-7-13-26-55,56-27-14-8-15-28-56)57-29-16-9-17-30-57)64(83)47-53(44-51-33-37-59(82)38-34-51)68(86)77-58(46-54-48-76-61-32-19-18-31-60(54)61)36-35-52(67(85)79-66)24-20-21-41-75-71(89)90-72(2,3)4/h6-19,22-23,25-34,37-38,48-49,52-53,58,62-63,66,76,81-82H,20-21,24,35-36,39-47H2,1-5H3,(H,74,84)(H,75,89)(H,77,86)(H,78,87)(H,79,85)/t49-,52-,53-,58+,62+,63+,66+/m1/s1. The lowest BCUT2D eigenvalue weighted by Gasteiger charge is -2.35. The molecule has 1 aromatic heterocycles. The third-order valence-electron chi connectivity index (χ3n) is 16.7. The number of carbonyl (C=O) groups is 7. The molecule has 1 aliphatic rings. The van der Waals surface area contributed by atoms with Gasteiger partial charge in [-0.3, -0.25) is 28.8 Å². The number of aromatic hydroxyl groups is 1. The van der Waals surface area contributed by atoms with Crippen molar-refractivity contribution in [3.05, 3.63) is 209 Å². The van der Waals surface area contributed by atoms with Crippen LogP contribution >= 0.6 is 11.8 Å². The van der Waals surface area contributed by atoms with Crippen molar-refractivity contribution < 1.29 is 48.5 Å². The number of Topliss-reactive ketones (excluding diaryl/α,β-unsaturated/α-hetero) is 1. The average molecular weight is 1250 g/mol. The fourth-order valence-corrected chi connectivity index (χ4v) is 13.4. The fraction of sp³-hybridized carbons (Fsp3) is 0.384. The predicted molar refractivity (Wildman–Crippen MR) is 356 cm³/mol. The molecular weight excluding hydrogens is 1170 g/mol. The van der Waals surface area contributed by atoms with Crippen LogP contribution < -0.4 is 26.6 Å². The summed E-state index contributed by atoms with van der Waals surface area (Å²) in [5.74, 6) is -4.64. The molecule has 480 valence electrons. The molecule has 0 radical (unpaired) electrons. The average Bonchev–Trinajstić information content (AvgIpc) is 1.21. The lowest BCUT2D eigenvalue weighted by molar-refractivity contribution is -0.143. The van der Waals surface area contributed by atoms with Crippen molar-refractivity contribution in [2.45, 2.75) is 139 Å². The zero-order chi connectivity index (χ0) is 64.9. The van der Waals surface area contributed by atoms with Crippen LogP contribution in [0.25, 0.3) is 10.9 Å². The summed E-state index contributed by atoms with van der Waals surface area (Å²) in [6.45, 7) is 7.22. The van der Waals surface area contributed by atoms with Gasteiger partial charge in [0.15, 0.2) is 5.78 Å². The molecule has 7 atom stereocenters. The fourth-order valence-electron chi connectivity index (χ4n) is 12.0. The Labute approximate surface area is 538 Å². The molecule has 7 aromatic rings. The number of nitrogens with one attached hydrogen (secondary N) is 6. The summed E-state index contributed by atoms with van der Waals surface area (Å²) in [5, 5.41) is 37.4. The third-order valence-corrected chi connectivity index (χ3v) is 18.2. The number of amides is 6. The minimum absolute atomic E-state index is 0.0163. The summed E-state index contributed by atoms with van der Waals surface area (Å²) in [4.78, 5) is 107. The summed E-state index contributed by atoms with van der Waals surface area (Å²) >= 11 is 1.69. The number of H-pyrrole nitrogens is 1. The van der Waals surface area contributed by atoms with Gasteiger partial charge in [0.2, 0.25) is 29.5 Å². The van der Waals surface area contributed by atoms with Gasteiger partial charge in [-0.25, -0.2) is 4.79 Å². The van der Waals surface area contributed by atoms with Gasteiger partial charge in [0.05, 0.1) is 16.9 Å². The number of aliphatic hydroxyl groups is 1. The van der Waals surface area contributed by atoms with Crippen molar-refractivity contribution in [3.8, 4) is 5.75 Å². The highest BCUT2D eigenvalue weighted by Crippen LogP contribution is 2.48. The minimum atomic E-state index is -1.53. The second-order valence-corrected chi connectivity index (χ2v) is 26.0. The molecular formula is C73H87N7O10S. The van der Waals surface area contributed by atoms with Gasteiger partial charge in [-0.1, -0.05) is 158 Å². The second kappa shape index (κ2) is 32.8. The SMILES string of the molecule is C[C@@H](O)[C@@H]1NC(=O)[C@H](CCCCNC(=O)OC(C)(C)C)CC[C@@H](Cc2c[nH]c3ccccc23)NC(=O)[C@H](Cc2ccc(O)cc2)CC(=O)[C@H](CCC(=O)NCCSC(c2ccccc2)(c2ccccc2)c2ccccc2)N(C)C(=O)[C@H](Cc2ccccc2)NC1=O. The number of aromatic amines is 1. The zero-order valence-corrected chi connectivity index (χ0v) is 53.5. The first kappa shape index (κ1) is 68.2. The highest BCUT2D eigenvalue weighted by atomic mass is 32.2. The van der Waals surface area contributed by atoms with Crippen LogP contribution in [0, 0.1) is 11.8 Å². The molecule has 17 nitrogen and oxygen atoms in total. The van der Waals surface area contributed by atoms with Crippen molar-refractivity contribution in [2.24, 2.45) is 11.8 Å². The number of fused-ring (bicyclic) bond motifs is 1. The Bertz CT molecular complexity index is 3410. The van der Waals surface area contributed by atoms with Gasteiger partial charge < -0.3 is 51.4 Å². The number of thioether (sulfide) groups is 1. The number of aliphatic hydroxyl groups excluding tert-OH is 1. The van der Waals surface area contributed by atoms with E-state index in [2.05, 4.69) is 68.0 Å². The molecule has 1 fully saturated rings. The van der Waals surface area contributed by atoms with Gasteiger partial charge in [-0.15, -0.1) is 11.8 Å². The molecule has 0 saturated carbocycles. The van der Waals surface area contributed by atoms with Gasteiger partial charge in [0.1, 0.15) is 23.4 Å². The van der Waals surface area contributed by atoms with Crippen molar-refractivity contribution >= 4 is 64.1 Å². The van der Waals surface area contributed by atoms with Crippen LogP contribution in [0.15, 0.2) is 176 Å². The molecule has 0 aliphatic carbocycles. The Morgan fingerprint density at radius 3 is 1.85 bits per heavy atom. The predicted octanol–water partition coefficient (Wildman–Crippen LogP) is 9.87. The molecule has 8 N–H and O–H groups in total. The summed E-state index contributed by atoms with van der Waals surface area (Å²) < 4.78 is 4.78. The lowest BCUT2D eigenvalue weighted by atomic mass is 9.84. The zero-order valence-electron chi connectivity index (χ0n) is 52.7. The normalized spacial score (nSPS) is 19.5. The largest absolute Gasteiger partial charge is 0.508 e. The van der Waals surface area contributed by atoms with E-state index < -0.39 is 88.0 Å². The number of benzene rings is 6. The van der Waals surface area contributed by atoms with Gasteiger partial charge in [0.25, 0.3) is 0 Å². The molecule has 0 spiro atoms. The summed E-state index contributed by atoms with van der Waals surface area (Å²) in [5.41, 5.74) is 5.62. The number of alkyl carbamates (subject to hydrolysis) is 1. The monoisotopic (exact) mass is 1250 g/mol. The summed E-state index contributed by atoms with van der Waals surface area (Å²) in [6, 6.07) is 49.1. The molecule has 91 heavy (non-hydrogen) atoms. The number of para-hydroxylation sites is 1. The Kier molecular flexibility index (Phi) is 24.6. The molecule has 0 bridgehead atoms. The maximum absolute atomic E-state index is 15.5. The van der Waals surface area contributed by atoms with E-state index in [0.717, 1.165) is 33.2 Å². The number of hydrogen-bond acceptors (Lipinski definition) is 11. The number of hydrogen-bond donors (Lipinski definition) is 8. The molecule has 8 rings (SSSR count). The van der Waals surface area contributed by atoms with Gasteiger partial charge in [-0.2, -0.15) is 0 Å². The van der Waals surface area contributed by atoms with E-state index in [-0.39, 0.29) is 69.7 Å². The molecule has 1 saturated heterocycles. The Morgan fingerprint density at radius 1 is 0.648 bits per heavy atom. The third kappa shape index (κ3) is 19.4. The van der Waals surface area contributed by atoms with Crippen LogP contribution in [0.5, 0.6) is 5.75 Å². The van der Waals surface area contributed by atoms with Crippen LogP contribution in [-0.4, -0.2) is 123 Å². The molecule has 6 aromatic carbocycles. The second-order valence-electron chi connectivity index (χ2n) is 24.7. The molecule has 1 aliphatic heterocycles. The maximum Gasteiger partial charge on any atom is 0.407 e. The molecule has 18 heteroatoms. The van der Waals surface area contributed by atoms with Crippen LogP contribution in [-0.2, 0) is 57.5 Å². The maximum atomic E-state index is 15.5. The molecule has 6 amide bonds. The Morgan fingerprint density at radius 2 is 1.23 bits per heavy atom. The Balaban J connectivity index is 1.11.